The minimum absolute atomic E-state index is 0.0890. The van der Waals surface area contributed by atoms with Gasteiger partial charge in [0.1, 0.15) is 5.75 Å². The van der Waals surface area contributed by atoms with Crippen LogP contribution in [-0.4, -0.2) is 11.5 Å². The third-order valence-corrected chi connectivity index (χ3v) is 2.03. The molecule has 4 nitrogen and oxygen atoms in total. The zero-order chi connectivity index (χ0) is 11.3. The van der Waals surface area contributed by atoms with Crippen molar-refractivity contribution in [2.24, 2.45) is 0 Å². The first-order valence-electron chi connectivity index (χ1n) is 4.64. The Morgan fingerprint density at radius 1 is 1.60 bits per heavy atom. The smallest absolute Gasteiger partial charge is 0.276 e. The summed E-state index contributed by atoms with van der Waals surface area (Å²) in [5, 5.41) is 10.6. The zero-order valence-corrected chi connectivity index (χ0v) is 8.60. The van der Waals surface area contributed by atoms with Crippen LogP contribution in [0.15, 0.2) is 30.9 Å². The van der Waals surface area contributed by atoms with Crippen molar-refractivity contribution < 1.29 is 9.66 Å². The molecule has 4 heteroatoms. The van der Waals surface area contributed by atoms with E-state index in [1.54, 1.807) is 25.1 Å². The van der Waals surface area contributed by atoms with E-state index in [-0.39, 0.29) is 5.69 Å². The second kappa shape index (κ2) is 5.14. The summed E-state index contributed by atoms with van der Waals surface area (Å²) in [5.74, 6) is 0.561. The molecule has 80 valence electrons. The van der Waals surface area contributed by atoms with Crippen molar-refractivity contribution in [2.45, 2.75) is 13.3 Å². The fourth-order valence-electron chi connectivity index (χ4n) is 1.21. The molecule has 0 heterocycles. The average Bonchev–Trinajstić information content (AvgIpc) is 2.20. The third kappa shape index (κ3) is 2.80. The van der Waals surface area contributed by atoms with Crippen LogP contribution in [0.5, 0.6) is 5.75 Å². The van der Waals surface area contributed by atoms with Gasteiger partial charge in [-0.2, -0.15) is 0 Å². The van der Waals surface area contributed by atoms with Crippen LogP contribution in [0.25, 0.3) is 0 Å². The van der Waals surface area contributed by atoms with Crippen LogP contribution in [0.4, 0.5) is 5.69 Å². The lowest BCUT2D eigenvalue weighted by Crippen LogP contribution is -1.99. The Balaban J connectivity index is 2.84. The molecular formula is C11H13NO3. The van der Waals surface area contributed by atoms with Crippen molar-refractivity contribution in [3.8, 4) is 5.75 Å². The lowest BCUT2D eigenvalue weighted by atomic mass is 10.2. The van der Waals surface area contributed by atoms with Gasteiger partial charge >= 0.3 is 0 Å². The van der Waals surface area contributed by atoms with Crippen molar-refractivity contribution >= 4 is 5.69 Å². The van der Waals surface area contributed by atoms with E-state index in [4.69, 9.17) is 4.74 Å². The lowest BCUT2D eigenvalue weighted by Gasteiger charge is -2.07. The molecule has 0 fully saturated rings. The molecule has 0 saturated heterocycles. The van der Waals surface area contributed by atoms with Gasteiger partial charge < -0.3 is 4.74 Å². The standard InChI is InChI=1S/C11H13NO3/c1-3-4-8-15-11-7-5-6-10(9(11)2)12(13)14/h3,5-7H,1,4,8H2,2H3. The number of nitro groups is 1. The summed E-state index contributed by atoms with van der Waals surface area (Å²) >= 11 is 0. The van der Waals surface area contributed by atoms with Gasteiger partial charge in [0.25, 0.3) is 5.69 Å². The van der Waals surface area contributed by atoms with E-state index in [1.807, 2.05) is 0 Å². The maximum absolute atomic E-state index is 10.6. The number of hydrogen-bond acceptors (Lipinski definition) is 3. The molecule has 0 atom stereocenters. The second-order valence-electron chi connectivity index (χ2n) is 3.08. The maximum Gasteiger partial charge on any atom is 0.276 e. The normalized spacial score (nSPS) is 9.67. The molecule has 0 bridgehead atoms. The highest BCUT2D eigenvalue weighted by molar-refractivity contribution is 5.48. The van der Waals surface area contributed by atoms with Crippen LogP contribution in [0.3, 0.4) is 0 Å². The Bertz CT molecular complexity index is 374. The molecule has 0 amide bonds. The van der Waals surface area contributed by atoms with Crippen molar-refractivity contribution in [1.29, 1.82) is 0 Å². The second-order valence-corrected chi connectivity index (χ2v) is 3.08. The van der Waals surface area contributed by atoms with E-state index >= 15 is 0 Å². The van der Waals surface area contributed by atoms with Gasteiger partial charge in [-0.25, -0.2) is 0 Å². The first-order valence-corrected chi connectivity index (χ1v) is 4.64. The van der Waals surface area contributed by atoms with Crippen molar-refractivity contribution in [1.82, 2.24) is 0 Å². The first kappa shape index (κ1) is 11.2. The van der Waals surface area contributed by atoms with Crippen molar-refractivity contribution in [2.75, 3.05) is 6.61 Å². The molecule has 1 rings (SSSR count). The summed E-state index contributed by atoms with van der Waals surface area (Å²) in [6.45, 7) is 5.75. The Hall–Kier alpha value is -1.84. The van der Waals surface area contributed by atoms with E-state index in [9.17, 15) is 10.1 Å². The Morgan fingerprint density at radius 3 is 2.93 bits per heavy atom. The molecule has 0 aliphatic rings. The summed E-state index contributed by atoms with van der Waals surface area (Å²) < 4.78 is 5.39. The molecule has 15 heavy (non-hydrogen) atoms. The zero-order valence-electron chi connectivity index (χ0n) is 8.60. The van der Waals surface area contributed by atoms with Gasteiger partial charge in [-0.15, -0.1) is 6.58 Å². The minimum atomic E-state index is -0.407. The Labute approximate surface area is 88.3 Å². The van der Waals surface area contributed by atoms with Gasteiger partial charge in [-0.1, -0.05) is 12.1 Å². The van der Waals surface area contributed by atoms with Gasteiger partial charge in [0, 0.05) is 6.07 Å². The molecule has 0 radical (unpaired) electrons. The molecule has 0 aromatic heterocycles. The summed E-state index contributed by atoms with van der Waals surface area (Å²) in [7, 11) is 0. The van der Waals surface area contributed by atoms with E-state index < -0.39 is 4.92 Å². The maximum atomic E-state index is 10.6. The minimum Gasteiger partial charge on any atom is -0.493 e. The monoisotopic (exact) mass is 207 g/mol. The Morgan fingerprint density at radius 2 is 2.33 bits per heavy atom. The predicted molar refractivity (Wildman–Crippen MR) is 58.1 cm³/mol. The first-order chi connectivity index (χ1) is 7.16. The van der Waals surface area contributed by atoms with E-state index in [2.05, 4.69) is 6.58 Å². The molecule has 0 N–H and O–H groups in total. The van der Waals surface area contributed by atoms with E-state index in [1.165, 1.54) is 6.07 Å². The van der Waals surface area contributed by atoms with Crippen LogP contribution in [0, 0.1) is 17.0 Å². The van der Waals surface area contributed by atoms with Gasteiger partial charge in [-0.05, 0) is 19.4 Å². The van der Waals surface area contributed by atoms with Crippen LogP contribution >= 0.6 is 0 Å². The van der Waals surface area contributed by atoms with Crippen molar-refractivity contribution in [3.63, 3.8) is 0 Å². The summed E-state index contributed by atoms with van der Waals surface area (Å²) in [4.78, 5) is 10.2. The summed E-state index contributed by atoms with van der Waals surface area (Å²) in [6.07, 6.45) is 2.47. The van der Waals surface area contributed by atoms with Gasteiger partial charge in [-0.3, -0.25) is 10.1 Å². The average molecular weight is 207 g/mol. The van der Waals surface area contributed by atoms with Crippen LogP contribution in [0.2, 0.25) is 0 Å². The highest BCUT2D eigenvalue weighted by Crippen LogP contribution is 2.26. The topological polar surface area (TPSA) is 52.4 Å². The number of ether oxygens (including phenoxy) is 1. The largest absolute Gasteiger partial charge is 0.493 e. The highest BCUT2D eigenvalue weighted by atomic mass is 16.6. The molecular weight excluding hydrogens is 194 g/mol. The fourth-order valence-corrected chi connectivity index (χ4v) is 1.21. The van der Waals surface area contributed by atoms with Gasteiger partial charge in [0.05, 0.1) is 17.1 Å². The molecule has 0 aliphatic carbocycles. The predicted octanol–water partition coefficient (Wildman–Crippen LogP) is 2.86. The van der Waals surface area contributed by atoms with Crippen molar-refractivity contribution in [3.05, 3.63) is 46.5 Å². The molecule has 0 saturated carbocycles. The van der Waals surface area contributed by atoms with Gasteiger partial charge in [0.2, 0.25) is 0 Å². The SMILES string of the molecule is C=CCCOc1cccc([N+](=O)[O-])c1C. The quantitative estimate of drug-likeness (QED) is 0.323. The number of nitrogens with zero attached hydrogens (tertiary/aromatic N) is 1. The molecule has 1 aromatic carbocycles. The van der Waals surface area contributed by atoms with E-state index in [0.717, 1.165) is 6.42 Å². The number of hydrogen-bond donors (Lipinski definition) is 0. The fraction of sp³-hybridized carbons (Fsp3) is 0.273. The Kier molecular flexibility index (Phi) is 3.85. The van der Waals surface area contributed by atoms with E-state index in [0.29, 0.717) is 17.9 Å². The third-order valence-electron chi connectivity index (χ3n) is 2.03. The molecule has 0 unspecified atom stereocenters. The van der Waals surface area contributed by atoms with Gasteiger partial charge in [0.15, 0.2) is 0 Å². The molecule has 0 spiro atoms. The highest BCUT2D eigenvalue weighted by Gasteiger charge is 2.13. The number of rotatable bonds is 5. The number of benzene rings is 1. The van der Waals surface area contributed by atoms with Crippen LogP contribution in [-0.2, 0) is 0 Å². The van der Waals surface area contributed by atoms with Crippen LogP contribution in [0.1, 0.15) is 12.0 Å². The number of nitro benzene ring substituents is 1. The van der Waals surface area contributed by atoms with Crippen LogP contribution < -0.4 is 4.74 Å². The molecule has 1 aromatic rings. The summed E-state index contributed by atoms with van der Waals surface area (Å²) in [5.41, 5.74) is 0.651. The lowest BCUT2D eigenvalue weighted by molar-refractivity contribution is -0.385. The molecule has 0 aliphatic heterocycles. The summed E-state index contributed by atoms with van der Waals surface area (Å²) in [6, 6.07) is 4.81.